The average Bonchev–Trinajstić information content (AvgIpc) is 2.56. The fourth-order valence-corrected chi connectivity index (χ4v) is 3.72. The van der Waals surface area contributed by atoms with Crippen molar-refractivity contribution in [2.75, 3.05) is 0 Å². The van der Waals surface area contributed by atoms with Gasteiger partial charge in [-0.1, -0.05) is 113 Å². The summed E-state index contributed by atoms with van der Waals surface area (Å²) in [6.45, 7) is 4.50. The number of carbonyl (C=O) groups excluding carboxylic acids is 1. The normalized spacial score (nSPS) is 13.5. The zero-order valence-electron chi connectivity index (χ0n) is 15.5. The van der Waals surface area contributed by atoms with Crippen molar-refractivity contribution in [3.05, 3.63) is 0 Å². The number of halogens is 1. The molecular weight excluding hydrogens is 350 g/mol. The van der Waals surface area contributed by atoms with Gasteiger partial charge in [0.1, 0.15) is 0 Å². The lowest BCUT2D eigenvalue weighted by atomic mass is 10.00. The van der Waals surface area contributed by atoms with Gasteiger partial charge in [0.25, 0.3) is 0 Å². The van der Waals surface area contributed by atoms with E-state index in [1.807, 2.05) is 0 Å². The van der Waals surface area contributed by atoms with Crippen LogP contribution in [-0.4, -0.2) is 16.9 Å². The Hall–Kier alpha value is -0.140. The highest BCUT2D eigenvalue weighted by Crippen LogP contribution is 2.22. The molecule has 2 nitrogen and oxygen atoms in total. The van der Waals surface area contributed by atoms with Gasteiger partial charge < -0.3 is 0 Å². The van der Waals surface area contributed by atoms with Crippen molar-refractivity contribution in [2.45, 2.75) is 121 Å². The number of unbranched alkanes of at least 4 members (excludes halogenated alkanes) is 11. The third-order valence-corrected chi connectivity index (χ3v) is 5.64. The van der Waals surface area contributed by atoms with Gasteiger partial charge >= 0.3 is 0 Å². The molecule has 0 bridgehead atoms. The van der Waals surface area contributed by atoms with Gasteiger partial charge in [-0.05, 0) is 12.8 Å². The molecule has 0 radical (unpaired) electrons. The largest absolute Gasteiger partial charge is 0.235 e. The van der Waals surface area contributed by atoms with Crippen molar-refractivity contribution in [3.63, 3.8) is 0 Å². The van der Waals surface area contributed by atoms with Crippen LogP contribution < -0.4 is 0 Å². The second kappa shape index (κ2) is 18.2. The van der Waals surface area contributed by atoms with E-state index < -0.39 is 0 Å². The van der Waals surface area contributed by atoms with Gasteiger partial charge in [0.05, 0.1) is 6.04 Å². The Balaban J connectivity index is 3.75. The van der Waals surface area contributed by atoms with Crippen molar-refractivity contribution in [1.29, 1.82) is 0 Å². The van der Waals surface area contributed by atoms with Gasteiger partial charge in [0.15, 0.2) is 0 Å². The zero-order chi connectivity index (χ0) is 17.2. The quantitative estimate of drug-likeness (QED) is 0.111. The molecule has 136 valence electrons. The first-order valence-corrected chi connectivity index (χ1v) is 10.9. The van der Waals surface area contributed by atoms with Crippen LogP contribution in [0, 0.1) is 0 Å². The Kier molecular flexibility index (Phi) is 18.1. The van der Waals surface area contributed by atoms with Crippen LogP contribution in [0.5, 0.6) is 0 Å². The summed E-state index contributed by atoms with van der Waals surface area (Å²) in [5.41, 5.74) is 0. The third-order valence-electron chi connectivity index (χ3n) is 4.57. The van der Waals surface area contributed by atoms with Crippen molar-refractivity contribution in [1.82, 2.24) is 0 Å². The van der Waals surface area contributed by atoms with E-state index in [1.54, 1.807) is 6.08 Å². The van der Waals surface area contributed by atoms with Crippen LogP contribution in [0.4, 0.5) is 0 Å². The smallest absolute Gasteiger partial charge is 0.211 e. The Bertz CT molecular complexity index is 289. The standard InChI is InChI=1S/C20H38BrNO/c1-3-5-7-9-11-13-15-17-20(22-18-23)19(21)16-14-12-10-8-6-4-2/h19-20H,3-17H2,1-2H3. The molecule has 0 aliphatic rings. The van der Waals surface area contributed by atoms with Gasteiger partial charge in [-0.25, -0.2) is 9.79 Å². The predicted molar refractivity (Wildman–Crippen MR) is 105 cm³/mol. The Labute approximate surface area is 153 Å². The fourth-order valence-electron chi connectivity index (χ4n) is 3.02. The maximum atomic E-state index is 10.7. The molecule has 0 aromatic heterocycles. The molecular formula is C20H38BrNO. The van der Waals surface area contributed by atoms with Crippen LogP contribution in [-0.2, 0) is 4.79 Å². The van der Waals surface area contributed by atoms with E-state index in [1.165, 1.54) is 83.5 Å². The van der Waals surface area contributed by atoms with Crippen LogP contribution in [0.1, 0.15) is 110 Å². The molecule has 0 aliphatic heterocycles. The average molecular weight is 388 g/mol. The highest BCUT2D eigenvalue weighted by Gasteiger charge is 2.17. The van der Waals surface area contributed by atoms with Gasteiger partial charge in [0, 0.05) is 4.83 Å². The van der Waals surface area contributed by atoms with Crippen LogP contribution in [0.15, 0.2) is 4.99 Å². The summed E-state index contributed by atoms with van der Waals surface area (Å²) < 4.78 is 0. The van der Waals surface area contributed by atoms with Crippen molar-refractivity contribution < 1.29 is 4.79 Å². The second-order valence-electron chi connectivity index (χ2n) is 6.77. The first kappa shape index (κ1) is 22.9. The third kappa shape index (κ3) is 15.1. The van der Waals surface area contributed by atoms with E-state index in [4.69, 9.17) is 0 Å². The van der Waals surface area contributed by atoms with Crippen LogP contribution in [0.3, 0.4) is 0 Å². The number of alkyl halides is 1. The molecule has 0 saturated carbocycles. The van der Waals surface area contributed by atoms with E-state index in [2.05, 4.69) is 34.8 Å². The summed E-state index contributed by atoms with van der Waals surface area (Å²) in [4.78, 5) is 15.1. The topological polar surface area (TPSA) is 29.4 Å². The molecule has 3 heteroatoms. The highest BCUT2D eigenvalue weighted by molar-refractivity contribution is 9.09. The minimum atomic E-state index is 0.124. The molecule has 0 saturated heterocycles. The Morgan fingerprint density at radius 2 is 1.17 bits per heavy atom. The van der Waals surface area contributed by atoms with Gasteiger partial charge in [-0.15, -0.1) is 0 Å². The first-order valence-electron chi connectivity index (χ1n) is 9.97. The monoisotopic (exact) mass is 387 g/mol. The molecule has 0 amide bonds. The number of isocyanates is 1. The molecule has 0 heterocycles. The lowest BCUT2D eigenvalue weighted by Gasteiger charge is -2.17. The molecule has 0 rings (SSSR count). The van der Waals surface area contributed by atoms with E-state index in [0.29, 0.717) is 4.83 Å². The molecule has 23 heavy (non-hydrogen) atoms. The maximum absolute atomic E-state index is 10.7. The molecule has 0 N–H and O–H groups in total. The molecule has 0 fully saturated rings. The van der Waals surface area contributed by atoms with Crippen molar-refractivity contribution >= 4 is 22.0 Å². The number of aliphatic imine (C=N–C) groups is 1. The van der Waals surface area contributed by atoms with Crippen LogP contribution >= 0.6 is 15.9 Å². The molecule has 0 aliphatic carbocycles. The number of nitrogens with zero attached hydrogens (tertiary/aromatic N) is 1. The second-order valence-corrected chi connectivity index (χ2v) is 7.95. The van der Waals surface area contributed by atoms with Crippen LogP contribution in [0.25, 0.3) is 0 Å². The lowest BCUT2D eigenvalue weighted by Crippen LogP contribution is -2.18. The fraction of sp³-hybridized carbons (Fsp3) is 0.950. The number of hydrogen-bond donors (Lipinski definition) is 0. The summed E-state index contributed by atoms with van der Waals surface area (Å²) >= 11 is 3.76. The molecule has 2 atom stereocenters. The first-order chi connectivity index (χ1) is 11.3. The van der Waals surface area contributed by atoms with Crippen molar-refractivity contribution in [3.8, 4) is 0 Å². The Morgan fingerprint density at radius 1 is 0.739 bits per heavy atom. The van der Waals surface area contributed by atoms with Crippen LogP contribution in [0.2, 0.25) is 0 Å². The number of rotatable bonds is 17. The van der Waals surface area contributed by atoms with E-state index in [-0.39, 0.29) is 6.04 Å². The van der Waals surface area contributed by atoms with E-state index in [9.17, 15) is 4.79 Å². The lowest BCUT2D eigenvalue weighted by molar-refractivity contribution is 0.489. The molecule has 0 spiro atoms. The predicted octanol–water partition coefficient (Wildman–Crippen LogP) is 7.35. The van der Waals surface area contributed by atoms with Gasteiger partial charge in [-0.2, -0.15) is 0 Å². The summed E-state index contributed by atoms with van der Waals surface area (Å²) in [6, 6.07) is 0.124. The summed E-state index contributed by atoms with van der Waals surface area (Å²) in [6.07, 6.45) is 21.0. The molecule has 0 aromatic carbocycles. The van der Waals surface area contributed by atoms with Gasteiger partial charge in [0.2, 0.25) is 6.08 Å². The zero-order valence-corrected chi connectivity index (χ0v) is 17.1. The van der Waals surface area contributed by atoms with Gasteiger partial charge in [-0.3, -0.25) is 0 Å². The maximum Gasteiger partial charge on any atom is 0.235 e. The minimum absolute atomic E-state index is 0.124. The Morgan fingerprint density at radius 3 is 1.65 bits per heavy atom. The summed E-state index contributed by atoms with van der Waals surface area (Å²) in [5, 5.41) is 0. The summed E-state index contributed by atoms with van der Waals surface area (Å²) in [5.74, 6) is 0. The highest BCUT2D eigenvalue weighted by atomic mass is 79.9. The van der Waals surface area contributed by atoms with E-state index >= 15 is 0 Å². The van der Waals surface area contributed by atoms with Crippen molar-refractivity contribution in [2.24, 2.45) is 4.99 Å². The summed E-state index contributed by atoms with van der Waals surface area (Å²) in [7, 11) is 0. The molecule has 2 unspecified atom stereocenters. The number of hydrogen-bond acceptors (Lipinski definition) is 2. The SMILES string of the molecule is CCCCCCCCCC(N=C=O)C(Br)CCCCCCCC. The minimum Gasteiger partial charge on any atom is -0.211 e. The molecule has 0 aromatic rings. The van der Waals surface area contributed by atoms with E-state index in [0.717, 1.165) is 12.8 Å².